The molecule has 3 unspecified atom stereocenters. The molecule has 0 aromatic carbocycles. The smallest absolute Gasteiger partial charge is 0.246 e. The molecular weight excluding hydrogens is 242 g/mol. The number of ether oxygens (including phenoxy) is 1. The van der Waals surface area contributed by atoms with E-state index in [-0.39, 0.29) is 6.04 Å². The van der Waals surface area contributed by atoms with E-state index in [1.165, 1.54) is 0 Å². The molecule has 3 atom stereocenters. The van der Waals surface area contributed by atoms with Crippen molar-refractivity contribution in [2.24, 2.45) is 21.8 Å². The molecule has 0 saturated carbocycles. The number of primary amides is 1. The lowest BCUT2D eigenvalue weighted by Crippen LogP contribution is -2.45. The van der Waals surface area contributed by atoms with Gasteiger partial charge < -0.3 is 15.7 Å². The number of hydrogen-bond acceptors (Lipinski definition) is 6. The molecule has 0 aromatic heterocycles. The van der Waals surface area contributed by atoms with Gasteiger partial charge in [-0.1, -0.05) is 5.16 Å². The summed E-state index contributed by atoms with van der Waals surface area (Å²) in [5.41, 5.74) is 5.75. The van der Waals surface area contributed by atoms with Gasteiger partial charge >= 0.3 is 0 Å². The topological polar surface area (TPSA) is 97.3 Å². The highest BCUT2D eigenvalue weighted by Gasteiger charge is 2.36. The first-order valence-electron chi connectivity index (χ1n) is 5.42. The number of aliphatic imine (C=N–C) groups is 1. The molecule has 0 bridgehead atoms. The van der Waals surface area contributed by atoms with E-state index in [4.69, 9.17) is 15.7 Å². The summed E-state index contributed by atoms with van der Waals surface area (Å²) in [6, 6.07) is 0.0403. The number of fused-ring (bicyclic) bond motifs is 1. The first-order chi connectivity index (χ1) is 8.11. The summed E-state index contributed by atoms with van der Waals surface area (Å²) in [6.07, 6.45) is 0.139. The minimum atomic E-state index is -0.485. The number of oxime groups is 1. The van der Waals surface area contributed by atoms with E-state index in [1.807, 2.05) is 0 Å². The van der Waals surface area contributed by atoms with Gasteiger partial charge in [0.15, 0.2) is 0 Å². The van der Waals surface area contributed by atoms with Crippen LogP contribution >= 0.6 is 11.8 Å². The van der Waals surface area contributed by atoms with Gasteiger partial charge in [-0.25, -0.2) is 0 Å². The second kappa shape index (κ2) is 5.05. The number of carbonyl (C=O) groups is 1. The fraction of sp³-hybridized carbons (Fsp3) is 0.700. The van der Waals surface area contributed by atoms with Gasteiger partial charge in [-0.05, 0) is 19.3 Å². The highest BCUT2D eigenvalue weighted by molar-refractivity contribution is 8.15. The minimum absolute atomic E-state index is 0.0403. The third-order valence-corrected chi connectivity index (χ3v) is 4.29. The monoisotopic (exact) mass is 257 g/mol. The van der Waals surface area contributed by atoms with Crippen molar-refractivity contribution in [1.82, 2.24) is 0 Å². The van der Waals surface area contributed by atoms with Gasteiger partial charge in [0.1, 0.15) is 16.9 Å². The van der Waals surface area contributed by atoms with Crippen molar-refractivity contribution in [2.75, 3.05) is 12.4 Å². The summed E-state index contributed by atoms with van der Waals surface area (Å²) in [5, 5.41) is 12.6. The van der Waals surface area contributed by atoms with Crippen molar-refractivity contribution in [3.05, 3.63) is 0 Å². The average molecular weight is 257 g/mol. The Bertz CT molecular complexity index is 383. The van der Waals surface area contributed by atoms with Crippen LogP contribution in [0.15, 0.2) is 10.1 Å². The van der Waals surface area contributed by atoms with Crippen LogP contribution in [0.25, 0.3) is 0 Å². The number of thioether (sulfide) groups is 1. The van der Waals surface area contributed by atoms with Gasteiger partial charge in [-0.3, -0.25) is 9.79 Å². The molecule has 0 aliphatic carbocycles. The molecule has 1 amide bonds. The molecule has 0 spiro atoms. The highest BCUT2D eigenvalue weighted by atomic mass is 32.2. The summed E-state index contributed by atoms with van der Waals surface area (Å²) < 4.78 is 5.38. The zero-order chi connectivity index (χ0) is 12.4. The predicted octanol–water partition coefficient (Wildman–Crippen LogP) is 0.241. The predicted molar refractivity (Wildman–Crippen MR) is 65.6 cm³/mol. The molecule has 3 N–H and O–H groups in total. The first-order valence-corrected chi connectivity index (χ1v) is 6.41. The molecule has 0 aromatic rings. The molecule has 2 heterocycles. The Morgan fingerprint density at radius 1 is 1.71 bits per heavy atom. The van der Waals surface area contributed by atoms with E-state index in [0.717, 1.165) is 10.8 Å². The normalized spacial score (nSPS) is 33.8. The van der Waals surface area contributed by atoms with Gasteiger partial charge in [0.05, 0.1) is 12.6 Å². The van der Waals surface area contributed by atoms with Gasteiger partial charge in [0.2, 0.25) is 5.91 Å². The number of rotatable bonds is 2. The zero-order valence-corrected chi connectivity index (χ0v) is 10.3. The molecule has 17 heavy (non-hydrogen) atoms. The van der Waals surface area contributed by atoms with Gasteiger partial charge in [-0.15, -0.1) is 11.8 Å². The van der Waals surface area contributed by atoms with E-state index in [0.29, 0.717) is 24.7 Å². The summed E-state index contributed by atoms with van der Waals surface area (Å²) >= 11 is 1.55. The van der Waals surface area contributed by atoms with Crippen LogP contribution in [-0.2, 0) is 9.53 Å². The summed E-state index contributed by atoms with van der Waals surface area (Å²) in [4.78, 5) is 15.5. The van der Waals surface area contributed by atoms with Crippen LogP contribution in [0.5, 0.6) is 0 Å². The summed E-state index contributed by atoms with van der Waals surface area (Å²) in [6.45, 7) is 2.11. The van der Waals surface area contributed by atoms with Crippen molar-refractivity contribution in [3.63, 3.8) is 0 Å². The lowest BCUT2D eigenvalue weighted by Gasteiger charge is -2.35. The van der Waals surface area contributed by atoms with Crippen LogP contribution in [0.3, 0.4) is 0 Å². The molecule has 1 saturated heterocycles. The largest absolute Gasteiger partial charge is 0.411 e. The quantitative estimate of drug-likeness (QED) is 0.420. The lowest BCUT2D eigenvalue weighted by molar-refractivity contribution is -0.134. The first kappa shape index (κ1) is 12.4. The maximum absolute atomic E-state index is 11.1. The highest BCUT2D eigenvalue weighted by Crippen LogP contribution is 2.31. The number of nitrogens with two attached hydrogens (primary N) is 1. The van der Waals surface area contributed by atoms with E-state index >= 15 is 0 Å². The van der Waals surface area contributed by atoms with Crippen LogP contribution in [0.2, 0.25) is 0 Å². The summed E-state index contributed by atoms with van der Waals surface area (Å²) in [5.74, 6) is 0.751. The van der Waals surface area contributed by atoms with Gasteiger partial charge in [-0.2, -0.15) is 0 Å². The van der Waals surface area contributed by atoms with Crippen molar-refractivity contribution in [3.8, 4) is 0 Å². The fourth-order valence-corrected chi connectivity index (χ4v) is 3.18. The average Bonchev–Trinajstić information content (AvgIpc) is 2.36. The number of hydrogen-bond donors (Lipinski definition) is 2. The van der Waals surface area contributed by atoms with Crippen LogP contribution < -0.4 is 5.73 Å². The Labute approximate surface area is 103 Å². The SMILES string of the molecule is CC(=NO)C1=NC2COC(C(N)=O)CC2CS1. The molecular formula is C10H15N3O3S. The maximum Gasteiger partial charge on any atom is 0.246 e. The third-order valence-electron chi connectivity index (χ3n) is 3.02. The van der Waals surface area contributed by atoms with Crippen LogP contribution in [-0.4, -0.2) is 46.4 Å². The Balaban J connectivity index is 2.07. The van der Waals surface area contributed by atoms with E-state index < -0.39 is 12.0 Å². The van der Waals surface area contributed by atoms with Crippen molar-refractivity contribution >= 4 is 28.4 Å². The maximum atomic E-state index is 11.1. The van der Waals surface area contributed by atoms with Gasteiger partial charge in [0, 0.05) is 5.75 Å². The molecule has 0 radical (unpaired) electrons. The molecule has 2 aliphatic heterocycles. The van der Waals surface area contributed by atoms with Crippen molar-refractivity contribution < 1.29 is 14.7 Å². The molecule has 7 heteroatoms. The number of nitrogens with zero attached hydrogens (tertiary/aromatic N) is 2. The zero-order valence-electron chi connectivity index (χ0n) is 9.50. The fourth-order valence-electron chi connectivity index (χ4n) is 1.99. The van der Waals surface area contributed by atoms with E-state index in [1.54, 1.807) is 18.7 Å². The molecule has 1 fully saturated rings. The van der Waals surface area contributed by atoms with E-state index in [2.05, 4.69) is 10.1 Å². The second-order valence-corrected chi connectivity index (χ2v) is 5.23. The van der Waals surface area contributed by atoms with Crippen LogP contribution in [0, 0.1) is 5.92 Å². The van der Waals surface area contributed by atoms with Crippen molar-refractivity contribution in [1.29, 1.82) is 0 Å². The van der Waals surface area contributed by atoms with Crippen molar-refractivity contribution in [2.45, 2.75) is 25.5 Å². The van der Waals surface area contributed by atoms with Crippen LogP contribution in [0.4, 0.5) is 0 Å². The summed E-state index contributed by atoms with van der Waals surface area (Å²) in [7, 11) is 0. The second-order valence-electron chi connectivity index (χ2n) is 4.22. The van der Waals surface area contributed by atoms with Crippen LogP contribution in [0.1, 0.15) is 13.3 Å². The lowest BCUT2D eigenvalue weighted by atomic mass is 9.92. The molecule has 2 aliphatic rings. The Morgan fingerprint density at radius 2 is 2.47 bits per heavy atom. The molecule has 94 valence electrons. The molecule has 2 rings (SSSR count). The number of amides is 1. The van der Waals surface area contributed by atoms with E-state index in [9.17, 15) is 4.79 Å². The Morgan fingerprint density at radius 3 is 3.12 bits per heavy atom. The third kappa shape index (κ3) is 2.61. The minimum Gasteiger partial charge on any atom is -0.411 e. The standard InChI is InChI=1S/C10H15N3O3S/c1-5(13-15)10-12-7-3-16-8(9(11)14)2-6(7)4-17-10/h6-8,15H,2-4H2,1H3,(H2,11,14). The van der Waals surface area contributed by atoms with Gasteiger partial charge in [0.25, 0.3) is 0 Å². The number of carbonyl (C=O) groups excluding carboxylic acids is 1. The Kier molecular flexibility index (Phi) is 3.68. The molecule has 6 nitrogen and oxygen atoms in total. The Hall–Kier alpha value is -1.08.